The topological polar surface area (TPSA) is 88.9 Å². The minimum Gasteiger partial charge on any atom is -0.326 e. The van der Waals surface area contributed by atoms with Crippen LogP contribution in [0.3, 0.4) is 0 Å². The van der Waals surface area contributed by atoms with Crippen molar-refractivity contribution < 1.29 is 9.59 Å². The lowest BCUT2D eigenvalue weighted by Crippen LogP contribution is -2.18. The average Bonchev–Trinajstić information content (AvgIpc) is 3.07. The summed E-state index contributed by atoms with van der Waals surface area (Å²) in [4.78, 5) is 29.0. The van der Waals surface area contributed by atoms with Crippen molar-refractivity contribution in [2.75, 3.05) is 10.6 Å². The number of pyridine rings is 1. The van der Waals surface area contributed by atoms with Gasteiger partial charge >= 0.3 is 0 Å². The number of nitrogens with zero attached hydrogens (tertiary/aromatic N) is 3. The molecule has 0 fully saturated rings. The molecule has 0 spiro atoms. The van der Waals surface area contributed by atoms with Gasteiger partial charge in [-0.3, -0.25) is 9.59 Å². The number of benzene rings is 1. The van der Waals surface area contributed by atoms with Gasteiger partial charge in [-0.05, 0) is 44.5 Å². The molecule has 0 aliphatic heterocycles. The second-order valence-corrected chi connectivity index (χ2v) is 7.45. The maximum atomic E-state index is 12.7. The third-order valence-electron chi connectivity index (χ3n) is 4.46. The zero-order valence-corrected chi connectivity index (χ0v) is 16.8. The van der Waals surface area contributed by atoms with Gasteiger partial charge < -0.3 is 10.6 Å². The zero-order valence-electron chi connectivity index (χ0n) is 16.8. The minimum atomic E-state index is -0.262. The average molecular weight is 379 g/mol. The number of fused-ring (bicyclic) bond motifs is 1. The highest BCUT2D eigenvalue weighted by atomic mass is 16.2. The number of hydrogen-bond acceptors (Lipinski definition) is 4. The Morgan fingerprint density at radius 1 is 1.04 bits per heavy atom. The van der Waals surface area contributed by atoms with Crippen molar-refractivity contribution in [2.24, 2.45) is 5.92 Å². The lowest BCUT2D eigenvalue weighted by molar-refractivity contribution is -0.118. The quantitative estimate of drug-likeness (QED) is 0.696. The summed E-state index contributed by atoms with van der Waals surface area (Å²) < 4.78 is 1.82. The van der Waals surface area contributed by atoms with Gasteiger partial charge in [-0.1, -0.05) is 19.9 Å². The van der Waals surface area contributed by atoms with Crippen molar-refractivity contribution in [1.82, 2.24) is 14.8 Å². The maximum Gasteiger partial charge on any atom is 0.257 e. The van der Waals surface area contributed by atoms with Gasteiger partial charge in [0.1, 0.15) is 0 Å². The Bertz CT molecular complexity index is 1040. The number of nitrogens with one attached hydrogen (secondary N) is 2. The molecule has 7 nitrogen and oxygen atoms in total. The van der Waals surface area contributed by atoms with E-state index in [1.807, 2.05) is 51.4 Å². The third kappa shape index (κ3) is 4.03. The number of carbonyl (C=O) groups excluding carboxylic acids is 2. The number of aryl methyl sites for hydroxylation is 1. The molecular weight excluding hydrogens is 354 g/mol. The lowest BCUT2D eigenvalue weighted by atomic mass is 10.1. The molecule has 2 N–H and O–H groups in total. The molecule has 7 heteroatoms. The first-order valence-electron chi connectivity index (χ1n) is 9.32. The summed E-state index contributed by atoms with van der Waals surface area (Å²) in [6.07, 6.45) is 3.27. The van der Waals surface area contributed by atoms with Crippen LogP contribution < -0.4 is 10.6 Å². The number of hydrogen-bond donors (Lipinski definition) is 2. The van der Waals surface area contributed by atoms with Gasteiger partial charge in [0.05, 0.1) is 11.8 Å². The van der Waals surface area contributed by atoms with Crippen LogP contribution in [0.5, 0.6) is 0 Å². The van der Waals surface area contributed by atoms with E-state index in [1.165, 1.54) is 0 Å². The van der Waals surface area contributed by atoms with Crippen LogP contribution in [-0.4, -0.2) is 26.6 Å². The molecule has 0 bridgehead atoms. The van der Waals surface area contributed by atoms with Crippen LogP contribution in [0.25, 0.3) is 11.0 Å². The van der Waals surface area contributed by atoms with E-state index in [9.17, 15) is 9.59 Å². The van der Waals surface area contributed by atoms with Crippen LogP contribution >= 0.6 is 0 Å². The number of aromatic nitrogens is 3. The van der Waals surface area contributed by atoms with Gasteiger partial charge in [-0.15, -0.1) is 0 Å². The van der Waals surface area contributed by atoms with Crippen molar-refractivity contribution in [3.63, 3.8) is 0 Å². The fourth-order valence-electron chi connectivity index (χ4n) is 2.76. The van der Waals surface area contributed by atoms with E-state index in [0.29, 0.717) is 16.9 Å². The molecule has 0 atom stereocenters. The molecule has 3 aromatic rings. The highest BCUT2D eigenvalue weighted by Crippen LogP contribution is 2.22. The second-order valence-electron chi connectivity index (χ2n) is 7.45. The molecular formula is C21H25N5O2. The second kappa shape index (κ2) is 7.80. The fraction of sp³-hybridized carbons (Fsp3) is 0.333. The Morgan fingerprint density at radius 2 is 1.79 bits per heavy atom. The summed E-state index contributed by atoms with van der Waals surface area (Å²) in [6, 6.07) is 7.41. The Hall–Kier alpha value is -3.22. The number of rotatable bonds is 5. The Labute approximate surface area is 164 Å². The summed E-state index contributed by atoms with van der Waals surface area (Å²) in [5.74, 6) is -0.455. The van der Waals surface area contributed by atoms with Crippen molar-refractivity contribution in [3.8, 4) is 0 Å². The number of anilines is 2. The molecule has 0 saturated carbocycles. The van der Waals surface area contributed by atoms with Gasteiger partial charge in [0.15, 0.2) is 5.65 Å². The van der Waals surface area contributed by atoms with Gasteiger partial charge in [0.2, 0.25) is 5.91 Å². The lowest BCUT2D eigenvalue weighted by Gasteiger charge is -2.13. The molecule has 28 heavy (non-hydrogen) atoms. The molecule has 1 aromatic carbocycles. The summed E-state index contributed by atoms with van der Waals surface area (Å²) in [5, 5.41) is 10.9. The fourth-order valence-corrected chi connectivity index (χ4v) is 2.76. The minimum absolute atomic E-state index is 0.0713. The smallest absolute Gasteiger partial charge is 0.257 e. The molecule has 2 aromatic heterocycles. The maximum absolute atomic E-state index is 12.7. The van der Waals surface area contributed by atoms with Crippen LogP contribution in [0, 0.1) is 12.8 Å². The van der Waals surface area contributed by atoms with E-state index in [2.05, 4.69) is 20.7 Å². The summed E-state index contributed by atoms with van der Waals surface area (Å²) >= 11 is 0. The van der Waals surface area contributed by atoms with Crippen LogP contribution in [0.15, 0.2) is 36.7 Å². The van der Waals surface area contributed by atoms with E-state index in [1.54, 1.807) is 24.5 Å². The largest absolute Gasteiger partial charge is 0.326 e. The van der Waals surface area contributed by atoms with Gasteiger partial charge in [0, 0.05) is 34.9 Å². The SMILES string of the molecule is Cc1ccc(NC(=O)C(C)C)cc1NC(=O)c1cnc2c(cnn2C(C)C)c1. The molecule has 146 valence electrons. The monoisotopic (exact) mass is 379 g/mol. The van der Waals surface area contributed by atoms with Crippen LogP contribution in [0.4, 0.5) is 11.4 Å². The van der Waals surface area contributed by atoms with E-state index in [-0.39, 0.29) is 23.8 Å². The first-order chi connectivity index (χ1) is 13.3. The summed E-state index contributed by atoms with van der Waals surface area (Å²) in [6.45, 7) is 9.62. The van der Waals surface area contributed by atoms with Crippen LogP contribution in [0.2, 0.25) is 0 Å². The van der Waals surface area contributed by atoms with Crippen molar-refractivity contribution >= 4 is 34.2 Å². The Morgan fingerprint density at radius 3 is 2.46 bits per heavy atom. The van der Waals surface area contributed by atoms with Gasteiger partial charge in [-0.2, -0.15) is 5.10 Å². The predicted octanol–water partition coefficient (Wildman–Crippen LogP) is 4.17. The number of carbonyl (C=O) groups is 2. The van der Waals surface area contributed by atoms with E-state index in [0.717, 1.165) is 16.6 Å². The normalized spacial score (nSPS) is 11.2. The highest BCUT2D eigenvalue weighted by Gasteiger charge is 2.14. The summed E-state index contributed by atoms with van der Waals surface area (Å²) in [5.41, 5.74) is 3.39. The van der Waals surface area contributed by atoms with Gasteiger partial charge in [0.25, 0.3) is 5.91 Å². The van der Waals surface area contributed by atoms with Crippen molar-refractivity contribution in [1.29, 1.82) is 0 Å². The Kier molecular flexibility index (Phi) is 5.44. The van der Waals surface area contributed by atoms with E-state index < -0.39 is 0 Å². The molecule has 0 aliphatic rings. The molecule has 0 radical (unpaired) electrons. The third-order valence-corrected chi connectivity index (χ3v) is 4.46. The summed E-state index contributed by atoms with van der Waals surface area (Å²) in [7, 11) is 0. The molecule has 0 aliphatic carbocycles. The van der Waals surface area contributed by atoms with E-state index >= 15 is 0 Å². The molecule has 2 heterocycles. The van der Waals surface area contributed by atoms with Gasteiger partial charge in [-0.25, -0.2) is 9.67 Å². The Balaban J connectivity index is 1.82. The van der Waals surface area contributed by atoms with Crippen LogP contribution in [0.1, 0.15) is 49.7 Å². The first-order valence-corrected chi connectivity index (χ1v) is 9.32. The van der Waals surface area contributed by atoms with E-state index in [4.69, 9.17) is 0 Å². The van der Waals surface area contributed by atoms with Crippen molar-refractivity contribution in [3.05, 3.63) is 47.8 Å². The predicted molar refractivity (Wildman–Crippen MR) is 111 cm³/mol. The number of amides is 2. The first kappa shape index (κ1) is 19.5. The molecule has 0 saturated heterocycles. The molecule has 2 amide bonds. The zero-order chi connectivity index (χ0) is 20.4. The van der Waals surface area contributed by atoms with Crippen LogP contribution in [-0.2, 0) is 4.79 Å². The molecule has 0 unspecified atom stereocenters. The molecule has 3 rings (SSSR count). The van der Waals surface area contributed by atoms with Crippen molar-refractivity contribution in [2.45, 2.75) is 40.7 Å². The highest BCUT2D eigenvalue weighted by molar-refractivity contribution is 6.06. The standard InChI is InChI=1S/C21H25N5O2/c1-12(2)20(27)24-17-7-6-14(5)18(9-17)25-21(28)16-8-15-11-23-26(13(3)4)19(15)22-10-16/h6-13H,1-5H3,(H,24,27)(H,25,28).